The van der Waals surface area contributed by atoms with Gasteiger partial charge in [0.1, 0.15) is 18.4 Å². The predicted molar refractivity (Wildman–Crippen MR) is 96.6 cm³/mol. The first kappa shape index (κ1) is 18.5. The van der Waals surface area contributed by atoms with E-state index in [2.05, 4.69) is 4.57 Å². The Bertz CT molecular complexity index is 1060. The molecule has 0 unspecified atom stereocenters. The molecule has 0 amide bonds. The molecule has 1 aliphatic rings. The minimum atomic E-state index is -0.310. The Morgan fingerprint density at radius 3 is 2.65 bits per heavy atom. The lowest BCUT2D eigenvalue weighted by Crippen LogP contribution is -3.00. The predicted octanol–water partition coefficient (Wildman–Crippen LogP) is 0.602. The lowest BCUT2D eigenvalue weighted by molar-refractivity contribution is -0.653. The minimum absolute atomic E-state index is 0. The molecular weight excluding hydrogens is 442 g/mol. The SMILES string of the molecule is C[n+]1c2c(c(N)c3ccccc31)C(=O)/C(=C\c1cccc(F)c1)CC2.[I-]. The van der Waals surface area contributed by atoms with Crippen LogP contribution in [0.2, 0.25) is 0 Å². The van der Waals surface area contributed by atoms with Gasteiger partial charge in [-0.1, -0.05) is 24.3 Å². The van der Waals surface area contributed by atoms with Gasteiger partial charge in [0.2, 0.25) is 5.52 Å². The monoisotopic (exact) mass is 460 g/mol. The number of halogens is 2. The van der Waals surface area contributed by atoms with E-state index in [0.29, 0.717) is 28.8 Å². The number of anilines is 1. The summed E-state index contributed by atoms with van der Waals surface area (Å²) in [5, 5.41) is 0.879. The van der Waals surface area contributed by atoms with Crippen LogP contribution in [0.5, 0.6) is 0 Å². The van der Waals surface area contributed by atoms with E-state index in [0.717, 1.165) is 23.0 Å². The number of hydrogen-bond acceptors (Lipinski definition) is 2. The van der Waals surface area contributed by atoms with Crippen LogP contribution in [-0.2, 0) is 13.5 Å². The van der Waals surface area contributed by atoms with E-state index in [1.807, 2.05) is 31.3 Å². The average molecular weight is 460 g/mol. The number of hydrogen-bond donors (Lipinski definition) is 1. The Balaban J connectivity index is 0.00000196. The van der Waals surface area contributed by atoms with Crippen LogP contribution < -0.4 is 34.3 Å². The van der Waals surface area contributed by atoms with Crippen molar-refractivity contribution < 1.29 is 37.7 Å². The standard InChI is InChI=1S/C21H17FN2O.HI/c1-24-17-8-3-2-7-16(17)20(23)19-18(24)10-9-14(21(19)25)11-13-5-4-6-15(22)12-13;/h2-8,11-12,23H,9-10H2,1H3;1H/b14-11-;. The first-order chi connectivity index (χ1) is 12.1. The van der Waals surface area contributed by atoms with Gasteiger partial charge >= 0.3 is 0 Å². The number of carbonyl (C=O) groups is 1. The van der Waals surface area contributed by atoms with Gasteiger partial charge in [-0.05, 0) is 36.3 Å². The molecule has 2 aromatic carbocycles. The molecular formula is C21H18FIN2O. The molecule has 0 spiro atoms. The van der Waals surface area contributed by atoms with Gasteiger partial charge in [-0.3, -0.25) is 4.79 Å². The molecule has 1 aromatic heterocycles. The quantitative estimate of drug-likeness (QED) is 0.329. The summed E-state index contributed by atoms with van der Waals surface area (Å²) >= 11 is 0. The van der Waals surface area contributed by atoms with Crippen LogP contribution in [0.25, 0.3) is 17.0 Å². The molecule has 0 bridgehead atoms. The van der Waals surface area contributed by atoms with Gasteiger partial charge in [-0.15, -0.1) is 0 Å². The summed E-state index contributed by atoms with van der Waals surface area (Å²) in [6.07, 6.45) is 3.12. The molecule has 3 nitrogen and oxygen atoms in total. The van der Waals surface area contributed by atoms with E-state index < -0.39 is 0 Å². The zero-order chi connectivity index (χ0) is 17.6. The van der Waals surface area contributed by atoms with Crippen LogP contribution in [0.15, 0.2) is 54.1 Å². The Morgan fingerprint density at radius 1 is 1.12 bits per heavy atom. The number of nitrogens with two attached hydrogens (primary N) is 1. The van der Waals surface area contributed by atoms with Gasteiger partial charge in [-0.2, -0.15) is 4.57 Å². The Morgan fingerprint density at radius 2 is 1.88 bits per heavy atom. The Labute approximate surface area is 168 Å². The first-order valence-corrected chi connectivity index (χ1v) is 8.26. The summed E-state index contributed by atoms with van der Waals surface area (Å²) < 4.78 is 15.5. The fourth-order valence-electron chi connectivity index (χ4n) is 3.61. The van der Waals surface area contributed by atoms with Crippen molar-refractivity contribution in [1.82, 2.24) is 0 Å². The summed E-state index contributed by atoms with van der Waals surface area (Å²) in [7, 11) is 1.97. The van der Waals surface area contributed by atoms with E-state index in [4.69, 9.17) is 5.73 Å². The molecule has 26 heavy (non-hydrogen) atoms. The van der Waals surface area contributed by atoms with Crippen molar-refractivity contribution >= 4 is 28.4 Å². The maximum atomic E-state index is 13.4. The molecule has 0 aliphatic heterocycles. The van der Waals surface area contributed by atoms with E-state index in [1.165, 1.54) is 12.1 Å². The third-order valence-electron chi connectivity index (χ3n) is 4.86. The maximum absolute atomic E-state index is 13.4. The summed E-state index contributed by atoms with van der Waals surface area (Å²) in [5.41, 5.74) is 10.8. The van der Waals surface area contributed by atoms with E-state index >= 15 is 0 Å². The smallest absolute Gasteiger partial charge is 0.214 e. The van der Waals surface area contributed by atoms with Crippen molar-refractivity contribution in [3.8, 4) is 0 Å². The van der Waals surface area contributed by atoms with Crippen molar-refractivity contribution in [1.29, 1.82) is 0 Å². The van der Waals surface area contributed by atoms with E-state index in [9.17, 15) is 9.18 Å². The molecule has 0 fully saturated rings. The third-order valence-corrected chi connectivity index (χ3v) is 4.86. The van der Waals surface area contributed by atoms with Gasteiger partial charge in [0.15, 0.2) is 11.5 Å². The normalized spacial score (nSPS) is 15.0. The highest BCUT2D eigenvalue weighted by Crippen LogP contribution is 2.32. The molecule has 1 heterocycles. The second-order valence-electron chi connectivity index (χ2n) is 6.37. The highest BCUT2D eigenvalue weighted by molar-refractivity contribution is 6.18. The van der Waals surface area contributed by atoms with Crippen molar-refractivity contribution in [3.05, 3.63) is 76.7 Å². The number of benzene rings is 2. The van der Waals surface area contributed by atoms with Crippen LogP contribution in [0.3, 0.4) is 0 Å². The van der Waals surface area contributed by atoms with Crippen LogP contribution in [0.1, 0.15) is 28.0 Å². The molecule has 5 heteroatoms. The van der Waals surface area contributed by atoms with Gasteiger partial charge in [-0.25, -0.2) is 4.39 Å². The van der Waals surface area contributed by atoms with Gasteiger partial charge in [0.05, 0.1) is 11.1 Å². The number of fused-ring (bicyclic) bond motifs is 2. The molecule has 132 valence electrons. The number of aromatic nitrogens is 1. The van der Waals surface area contributed by atoms with Gasteiger partial charge in [0.25, 0.3) is 0 Å². The molecule has 3 aromatic rings. The van der Waals surface area contributed by atoms with Gasteiger partial charge < -0.3 is 29.7 Å². The number of para-hydroxylation sites is 1. The first-order valence-electron chi connectivity index (χ1n) is 8.26. The van der Waals surface area contributed by atoms with Crippen LogP contribution >= 0.6 is 0 Å². The minimum Gasteiger partial charge on any atom is -1.00 e. The molecule has 0 saturated heterocycles. The number of ketones is 1. The second kappa shape index (κ2) is 7.15. The van der Waals surface area contributed by atoms with Crippen molar-refractivity contribution in [2.24, 2.45) is 7.05 Å². The maximum Gasteiger partial charge on any atom is 0.214 e. The number of rotatable bonds is 1. The topological polar surface area (TPSA) is 47.0 Å². The number of carbonyl (C=O) groups excluding carboxylic acids is 1. The zero-order valence-corrected chi connectivity index (χ0v) is 16.5. The Kier molecular flexibility index (Phi) is 5.09. The number of allylic oxidation sites excluding steroid dienone is 1. The fourth-order valence-corrected chi connectivity index (χ4v) is 3.61. The summed E-state index contributed by atoms with van der Waals surface area (Å²) in [5.74, 6) is -0.376. The van der Waals surface area contributed by atoms with E-state index in [1.54, 1.807) is 18.2 Å². The van der Waals surface area contributed by atoms with Crippen molar-refractivity contribution in [2.45, 2.75) is 12.8 Å². The second-order valence-corrected chi connectivity index (χ2v) is 6.37. The van der Waals surface area contributed by atoms with E-state index in [-0.39, 0.29) is 35.6 Å². The highest BCUT2D eigenvalue weighted by Gasteiger charge is 2.32. The summed E-state index contributed by atoms with van der Waals surface area (Å²) in [6.45, 7) is 0. The molecule has 0 atom stereocenters. The highest BCUT2D eigenvalue weighted by atomic mass is 127. The molecule has 0 radical (unpaired) electrons. The average Bonchev–Trinajstić information content (AvgIpc) is 2.61. The fraction of sp³-hybridized carbons (Fsp3) is 0.143. The van der Waals surface area contributed by atoms with Crippen molar-refractivity contribution in [3.63, 3.8) is 0 Å². The number of Topliss-reactive ketones (excluding diaryl/α,β-unsaturated/α-hetero) is 1. The molecule has 0 saturated carbocycles. The zero-order valence-electron chi connectivity index (χ0n) is 14.3. The number of aryl methyl sites for hydroxylation is 1. The van der Waals surface area contributed by atoms with Gasteiger partial charge in [0, 0.05) is 18.1 Å². The summed E-state index contributed by atoms with van der Waals surface area (Å²) in [6, 6.07) is 14.1. The molecule has 4 rings (SSSR count). The van der Waals surface area contributed by atoms with Crippen LogP contribution in [-0.4, -0.2) is 5.78 Å². The molecule has 1 aliphatic carbocycles. The molecule has 2 N–H and O–H groups in total. The Hall–Kier alpha value is -2.28. The number of nitrogen functional groups attached to an aromatic ring is 1. The van der Waals surface area contributed by atoms with Crippen molar-refractivity contribution in [2.75, 3.05) is 5.73 Å². The third kappa shape index (κ3) is 3.00. The largest absolute Gasteiger partial charge is 1.00 e. The number of nitrogens with zero attached hydrogens (tertiary/aromatic N) is 1. The van der Waals surface area contributed by atoms with Crippen LogP contribution in [0.4, 0.5) is 10.1 Å². The van der Waals surface area contributed by atoms with Crippen LogP contribution in [0, 0.1) is 5.82 Å². The number of pyridine rings is 1. The lowest BCUT2D eigenvalue weighted by atomic mass is 9.86. The summed E-state index contributed by atoms with van der Waals surface area (Å²) in [4.78, 5) is 13.1. The lowest BCUT2D eigenvalue weighted by Gasteiger charge is -2.18.